The molecule has 8 nitrogen and oxygen atoms in total. The molecule has 1 N–H and O–H groups in total. The van der Waals surface area contributed by atoms with Crippen LogP contribution in [0.3, 0.4) is 0 Å². The van der Waals surface area contributed by atoms with E-state index < -0.39 is 10.0 Å². The van der Waals surface area contributed by atoms with E-state index in [0.29, 0.717) is 23.8 Å². The molecule has 0 radical (unpaired) electrons. The monoisotopic (exact) mass is 485 g/mol. The highest BCUT2D eigenvalue weighted by atomic mass is 35.5. The van der Waals surface area contributed by atoms with Crippen LogP contribution in [-0.4, -0.2) is 73.8 Å². The molecule has 2 heterocycles. The fourth-order valence-corrected chi connectivity index (χ4v) is 5.90. The van der Waals surface area contributed by atoms with Crippen molar-refractivity contribution in [3.63, 3.8) is 0 Å². The smallest absolute Gasteiger partial charge is 0.243 e. The number of sulfonamides is 1. The summed E-state index contributed by atoms with van der Waals surface area (Å²) in [5.74, 6) is -0.220. The van der Waals surface area contributed by atoms with E-state index in [2.05, 4.69) is 20.1 Å². The van der Waals surface area contributed by atoms with Crippen LogP contribution in [-0.2, 0) is 14.8 Å². The maximum absolute atomic E-state index is 12.9. The molecule has 1 aliphatic heterocycles. The Kier molecular flexibility index (Phi) is 7.92. The summed E-state index contributed by atoms with van der Waals surface area (Å²) < 4.78 is 27.0. The third-order valence-electron chi connectivity index (χ3n) is 5.47. The molecular formula is C20H28ClN5O3S2. The van der Waals surface area contributed by atoms with Gasteiger partial charge in [0.2, 0.25) is 15.9 Å². The fraction of sp³-hybridized carbons (Fsp3) is 0.500. The topological polar surface area (TPSA) is 85.8 Å². The zero-order valence-electron chi connectivity index (χ0n) is 17.9. The van der Waals surface area contributed by atoms with E-state index in [4.69, 9.17) is 11.6 Å². The van der Waals surface area contributed by atoms with E-state index >= 15 is 0 Å². The first-order chi connectivity index (χ1) is 14.8. The van der Waals surface area contributed by atoms with Crippen LogP contribution in [0.1, 0.15) is 20.8 Å². The maximum atomic E-state index is 12.9. The quantitative estimate of drug-likeness (QED) is 0.618. The molecule has 0 saturated carbocycles. The average molecular weight is 486 g/mol. The second-order valence-corrected chi connectivity index (χ2v) is 10.5. The molecule has 1 fully saturated rings. The first kappa shape index (κ1) is 23.9. The van der Waals surface area contributed by atoms with Crippen LogP contribution in [0.2, 0.25) is 5.02 Å². The molecule has 0 spiro atoms. The first-order valence-electron chi connectivity index (χ1n) is 10.3. The average Bonchev–Trinajstić information content (AvgIpc) is 3.30. The number of hydrogen-bond acceptors (Lipinski definition) is 7. The molecule has 2 aromatic rings. The second-order valence-electron chi connectivity index (χ2n) is 7.23. The van der Waals surface area contributed by atoms with Gasteiger partial charge in [0.25, 0.3) is 0 Å². The predicted molar refractivity (Wildman–Crippen MR) is 126 cm³/mol. The van der Waals surface area contributed by atoms with Crippen molar-refractivity contribution in [3.05, 3.63) is 34.8 Å². The van der Waals surface area contributed by atoms with Crippen LogP contribution < -0.4 is 10.2 Å². The number of nitrogens with one attached hydrogen (secondary N) is 1. The van der Waals surface area contributed by atoms with Gasteiger partial charge < -0.3 is 10.2 Å². The van der Waals surface area contributed by atoms with Gasteiger partial charge in [0.15, 0.2) is 5.13 Å². The van der Waals surface area contributed by atoms with Crippen molar-refractivity contribution in [2.75, 3.05) is 49.5 Å². The summed E-state index contributed by atoms with van der Waals surface area (Å²) in [5.41, 5.74) is 0.299. The van der Waals surface area contributed by atoms with E-state index in [9.17, 15) is 13.2 Å². The van der Waals surface area contributed by atoms with Gasteiger partial charge in [-0.15, -0.1) is 11.3 Å². The Morgan fingerprint density at radius 2 is 1.94 bits per heavy atom. The minimum absolute atomic E-state index is 0.112. The van der Waals surface area contributed by atoms with Gasteiger partial charge in [-0.25, -0.2) is 13.4 Å². The number of rotatable bonds is 8. The van der Waals surface area contributed by atoms with Crippen LogP contribution in [0.15, 0.2) is 34.7 Å². The van der Waals surface area contributed by atoms with Crippen molar-refractivity contribution in [1.29, 1.82) is 0 Å². The lowest BCUT2D eigenvalue weighted by Gasteiger charge is -2.37. The normalized spacial score (nSPS) is 16.5. The molecule has 1 aliphatic rings. The molecule has 31 heavy (non-hydrogen) atoms. The van der Waals surface area contributed by atoms with Gasteiger partial charge in [-0.2, -0.15) is 4.31 Å². The highest BCUT2D eigenvalue weighted by Crippen LogP contribution is 2.27. The number of anilines is 2. The number of carbonyl (C=O) groups excluding carboxylic acids is 1. The molecule has 1 aromatic heterocycles. The van der Waals surface area contributed by atoms with Crippen LogP contribution in [0.4, 0.5) is 10.8 Å². The molecular weight excluding hydrogens is 458 g/mol. The number of piperazine rings is 1. The molecule has 3 rings (SSSR count). The number of hydrogen-bond donors (Lipinski definition) is 1. The summed E-state index contributed by atoms with van der Waals surface area (Å²) in [6.07, 6.45) is 1.79. The van der Waals surface area contributed by atoms with Crippen molar-refractivity contribution in [2.45, 2.75) is 31.7 Å². The highest BCUT2D eigenvalue weighted by molar-refractivity contribution is 7.89. The van der Waals surface area contributed by atoms with E-state index in [-0.39, 0.29) is 16.8 Å². The SMILES string of the molecule is CCN(CC)S(=O)(=O)c1ccc(Cl)c(NC(=O)C(C)N2CCN(c3nccs3)CC2)c1. The number of aromatic nitrogens is 1. The van der Waals surface area contributed by atoms with E-state index in [0.717, 1.165) is 31.3 Å². The molecule has 1 atom stereocenters. The predicted octanol–water partition coefficient (Wildman–Crippen LogP) is 2.98. The van der Waals surface area contributed by atoms with Crippen LogP contribution in [0.25, 0.3) is 0 Å². The molecule has 170 valence electrons. The summed E-state index contributed by atoms with van der Waals surface area (Å²) in [5, 5.41) is 6.06. The zero-order valence-corrected chi connectivity index (χ0v) is 20.3. The molecule has 1 amide bonds. The van der Waals surface area contributed by atoms with Gasteiger partial charge >= 0.3 is 0 Å². The minimum atomic E-state index is -3.64. The third-order valence-corrected chi connectivity index (χ3v) is 8.68. The largest absolute Gasteiger partial charge is 0.346 e. The summed E-state index contributed by atoms with van der Waals surface area (Å²) in [6, 6.07) is 4.02. The first-order valence-corrected chi connectivity index (χ1v) is 13.0. The molecule has 1 aromatic carbocycles. The number of halogens is 1. The van der Waals surface area contributed by atoms with E-state index in [1.807, 2.05) is 12.3 Å². The van der Waals surface area contributed by atoms with Gasteiger partial charge in [-0.05, 0) is 25.1 Å². The number of thiazole rings is 1. The van der Waals surface area contributed by atoms with Crippen molar-refractivity contribution in [2.24, 2.45) is 0 Å². The van der Waals surface area contributed by atoms with Gasteiger partial charge in [0.05, 0.1) is 21.6 Å². The summed E-state index contributed by atoms with van der Waals surface area (Å²) in [6.45, 7) is 9.22. The van der Waals surface area contributed by atoms with Crippen molar-refractivity contribution >= 4 is 49.7 Å². The lowest BCUT2D eigenvalue weighted by atomic mass is 10.2. The Labute approximate surface area is 192 Å². The summed E-state index contributed by atoms with van der Waals surface area (Å²) in [7, 11) is -3.64. The van der Waals surface area contributed by atoms with Crippen molar-refractivity contribution in [1.82, 2.24) is 14.2 Å². The molecule has 1 saturated heterocycles. The Morgan fingerprint density at radius 3 is 2.52 bits per heavy atom. The Morgan fingerprint density at radius 1 is 1.26 bits per heavy atom. The van der Waals surface area contributed by atoms with Crippen LogP contribution >= 0.6 is 22.9 Å². The van der Waals surface area contributed by atoms with E-state index in [1.165, 1.54) is 22.5 Å². The zero-order chi connectivity index (χ0) is 22.6. The molecule has 1 unspecified atom stereocenters. The number of amides is 1. The molecule has 0 aliphatic carbocycles. The fourth-order valence-electron chi connectivity index (χ4n) is 3.55. The summed E-state index contributed by atoms with van der Waals surface area (Å²) in [4.78, 5) is 21.7. The Hall–Kier alpha value is -1.72. The van der Waals surface area contributed by atoms with Gasteiger partial charge in [0, 0.05) is 50.8 Å². The Balaban J connectivity index is 1.67. The second kappa shape index (κ2) is 10.3. The summed E-state index contributed by atoms with van der Waals surface area (Å²) >= 11 is 7.86. The van der Waals surface area contributed by atoms with Crippen molar-refractivity contribution in [3.8, 4) is 0 Å². The minimum Gasteiger partial charge on any atom is -0.346 e. The molecule has 0 bridgehead atoms. The number of nitrogens with zero attached hydrogens (tertiary/aromatic N) is 4. The standard InChI is InChI=1S/C20H28ClN5O3S2/c1-4-26(5-2)31(28,29)16-6-7-17(21)18(14-16)23-19(27)15(3)24-9-11-25(12-10-24)20-22-8-13-30-20/h6-8,13-15H,4-5,9-12H2,1-3H3,(H,23,27). The lowest BCUT2D eigenvalue weighted by molar-refractivity contribution is -0.120. The van der Waals surface area contributed by atoms with Crippen molar-refractivity contribution < 1.29 is 13.2 Å². The molecule has 11 heteroatoms. The third kappa shape index (κ3) is 5.38. The lowest BCUT2D eigenvalue weighted by Crippen LogP contribution is -2.52. The van der Waals surface area contributed by atoms with E-state index in [1.54, 1.807) is 31.4 Å². The van der Waals surface area contributed by atoms with Crippen LogP contribution in [0, 0.1) is 0 Å². The van der Waals surface area contributed by atoms with Crippen LogP contribution in [0.5, 0.6) is 0 Å². The van der Waals surface area contributed by atoms with Gasteiger partial charge in [0.1, 0.15) is 0 Å². The highest BCUT2D eigenvalue weighted by Gasteiger charge is 2.28. The maximum Gasteiger partial charge on any atom is 0.243 e. The van der Waals surface area contributed by atoms with Gasteiger partial charge in [-0.3, -0.25) is 9.69 Å². The number of benzene rings is 1. The van der Waals surface area contributed by atoms with Gasteiger partial charge in [-0.1, -0.05) is 25.4 Å². The number of carbonyl (C=O) groups is 1. The Bertz CT molecular complexity index is 988.